The fourth-order valence-electron chi connectivity index (χ4n) is 3.29. The molecule has 0 radical (unpaired) electrons. The highest BCUT2D eigenvalue weighted by molar-refractivity contribution is 7.99. The van der Waals surface area contributed by atoms with Crippen LogP contribution in [0.2, 0.25) is 0 Å². The minimum Gasteiger partial charge on any atom is -0.313 e. The van der Waals surface area contributed by atoms with Gasteiger partial charge < -0.3 is 10.2 Å². The van der Waals surface area contributed by atoms with Crippen molar-refractivity contribution in [3.05, 3.63) is 29.8 Å². The summed E-state index contributed by atoms with van der Waals surface area (Å²) in [5, 5.41) is 3.65. The van der Waals surface area contributed by atoms with Crippen molar-refractivity contribution in [3.8, 4) is 0 Å². The number of fused-ring (bicyclic) bond motifs is 1. The summed E-state index contributed by atoms with van der Waals surface area (Å²) in [6, 6.07) is 9.63. The molecule has 1 fully saturated rings. The van der Waals surface area contributed by atoms with Crippen molar-refractivity contribution in [2.75, 3.05) is 32.4 Å². The molecule has 2 aliphatic rings. The molecule has 19 heavy (non-hydrogen) atoms. The van der Waals surface area contributed by atoms with Gasteiger partial charge >= 0.3 is 0 Å². The second kappa shape index (κ2) is 6.29. The van der Waals surface area contributed by atoms with Crippen LogP contribution in [0.5, 0.6) is 0 Å². The molecule has 3 rings (SSSR count). The molecular formula is C16H24N2S. The third kappa shape index (κ3) is 3.33. The molecule has 2 aliphatic heterocycles. The first-order valence-corrected chi connectivity index (χ1v) is 8.45. The molecule has 2 nitrogen and oxygen atoms in total. The first kappa shape index (κ1) is 13.5. The summed E-state index contributed by atoms with van der Waals surface area (Å²) in [4.78, 5) is 4.02. The molecule has 1 N–H and O–H groups in total. The van der Waals surface area contributed by atoms with Crippen LogP contribution in [0.15, 0.2) is 29.2 Å². The average Bonchev–Trinajstić information content (AvgIpc) is 2.83. The maximum atomic E-state index is 3.65. The Morgan fingerprint density at radius 3 is 3.00 bits per heavy atom. The van der Waals surface area contributed by atoms with Crippen LogP contribution >= 0.6 is 11.8 Å². The highest BCUT2D eigenvalue weighted by Gasteiger charge is 2.24. The number of nitrogens with zero attached hydrogens (tertiary/aromatic N) is 1. The molecule has 2 unspecified atom stereocenters. The second-order valence-electron chi connectivity index (χ2n) is 5.91. The first-order valence-electron chi connectivity index (χ1n) is 7.46. The molecule has 0 amide bonds. The summed E-state index contributed by atoms with van der Waals surface area (Å²) in [6.07, 6.45) is 4.10. The third-order valence-corrected chi connectivity index (χ3v) is 5.53. The monoisotopic (exact) mass is 276 g/mol. The highest BCUT2D eigenvalue weighted by Crippen LogP contribution is 2.39. The zero-order valence-electron chi connectivity index (χ0n) is 11.8. The van der Waals surface area contributed by atoms with E-state index in [1.165, 1.54) is 49.5 Å². The molecule has 1 aromatic carbocycles. The van der Waals surface area contributed by atoms with Crippen LogP contribution in [-0.4, -0.2) is 43.4 Å². The molecule has 1 aromatic rings. The van der Waals surface area contributed by atoms with Gasteiger partial charge in [-0.15, -0.1) is 11.8 Å². The third-order valence-electron chi connectivity index (χ3n) is 4.28. The summed E-state index contributed by atoms with van der Waals surface area (Å²) < 4.78 is 0. The maximum Gasteiger partial charge on any atom is 0.0194 e. The summed E-state index contributed by atoms with van der Waals surface area (Å²) >= 11 is 2.02. The van der Waals surface area contributed by atoms with Gasteiger partial charge in [-0.1, -0.05) is 24.6 Å². The molecule has 0 aromatic heterocycles. The van der Waals surface area contributed by atoms with E-state index in [4.69, 9.17) is 0 Å². The van der Waals surface area contributed by atoms with Crippen molar-refractivity contribution in [2.45, 2.75) is 36.1 Å². The predicted molar refractivity (Wildman–Crippen MR) is 83.0 cm³/mol. The summed E-state index contributed by atoms with van der Waals surface area (Å²) in [6.45, 7) is 3.60. The number of benzene rings is 1. The van der Waals surface area contributed by atoms with Crippen molar-refractivity contribution in [2.24, 2.45) is 0 Å². The number of piperidine rings is 1. The normalized spacial score (nSPS) is 26.6. The lowest BCUT2D eigenvalue weighted by Gasteiger charge is -2.29. The SMILES string of the molecule is CN(CC1CCCCN1)CC1CSc2ccccc21. The number of likely N-dealkylation sites (N-methyl/N-ethyl adjacent to an activating group) is 1. The van der Waals surface area contributed by atoms with Crippen molar-refractivity contribution in [3.63, 3.8) is 0 Å². The molecule has 1 saturated heterocycles. The van der Waals surface area contributed by atoms with Gasteiger partial charge in [0.05, 0.1) is 0 Å². The van der Waals surface area contributed by atoms with E-state index in [1.807, 2.05) is 11.8 Å². The minimum absolute atomic E-state index is 0.711. The lowest BCUT2D eigenvalue weighted by Crippen LogP contribution is -2.43. The predicted octanol–water partition coefficient (Wildman–Crippen LogP) is 2.95. The minimum atomic E-state index is 0.711. The number of thioether (sulfide) groups is 1. The lowest BCUT2D eigenvalue weighted by atomic mass is 10.00. The maximum absolute atomic E-state index is 3.65. The molecule has 0 bridgehead atoms. The highest BCUT2D eigenvalue weighted by atomic mass is 32.2. The van der Waals surface area contributed by atoms with E-state index in [0.29, 0.717) is 6.04 Å². The Morgan fingerprint density at radius 1 is 1.26 bits per heavy atom. The number of hydrogen-bond donors (Lipinski definition) is 1. The second-order valence-corrected chi connectivity index (χ2v) is 6.98. The van der Waals surface area contributed by atoms with Gasteiger partial charge in [-0.3, -0.25) is 0 Å². The van der Waals surface area contributed by atoms with Gasteiger partial charge in [0.2, 0.25) is 0 Å². The molecule has 2 heterocycles. The Balaban J connectivity index is 1.54. The summed E-state index contributed by atoms with van der Waals surface area (Å²) in [5.74, 6) is 1.97. The number of nitrogens with one attached hydrogen (secondary N) is 1. The van der Waals surface area contributed by atoms with Crippen LogP contribution in [0.1, 0.15) is 30.7 Å². The van der Waals surface area contributed by atoms with Gasteiger partial charge in [-0.25, -0.2) is 0 Å². The molecule has 104 valence electrons. The average molecular weight is 276 g/mol. The van der Waals surface area contributed by atoms with Gasteiger partial charge in [-0.05, 0) is 38.1 Å². The molecule has 0 spiro atoms. The van der Waals surface area contributed by atoms with Crippen LogP contribution in [0.25, 0.3) is 0 Å². The zero-order chi connectivity index (χ0) is 13.1. The van der Waals surface area contributed by atoms with Gasteiger partial charge in [0.15, 0.2) is 0 Å². The Morgan fingerprint density at radius 2 is 2.16 bits per heavy atom. The van der Waals surface area contributed by atoms with Gasteiger partial charge in [0.1, 0.15) is 0 Å². The molecule has 0 aliphatic carbocycles. The van der Waals surface area contributed by atoms with Crippen molar-refractivity contribution in [1.82, 2.24) is 10.2 Å². The molecule has 2 atom stereocenters. The van der Waals surface area contributed by atoms with E-state index in [0.717, 1.165) is 5.92 Å². The van der Waals surface area contributed by atoms with Gasteiger partial charge in [0.25, 0.3) is 0 Å². The quantitative estimate of drug-likeness (QED) is 0.910. The Labute approximate surface area is 121 Å². The van der Waals surface area contributed by atoms with E-state index in [-0.39, 0.29) is 0 Å². The smallest absolute Gasteiger partial charge is 0.0194 e. The van der Waals surface area contributed by atoms with Gasteiger partial charge in [0, 0.05) is 35.7 Å². The fraction of sp³-hybridized carbons (Fsp3) is 0.625. The van der Waals surface area contributed by atoms with Crippen molar-refractivity contribution >= 4 is 11.8 Å². The van der Waals surface area contributed by atoms with E-state index < -0.39 is 0 Å². The van der Waals surface area contributed by atoms with E-state index in [9.17, 15) is 0 Å². The molecular weight excluding hydrogens is 252 g/mol. The van der Waals surface area contributed by atoms with Crippen LogP contribution in [0, 0.1) is 0 Å². The van der Waals surface area contributed by atoms with Crippen LogP contribution in [-0.2, 0) is 0 Å². The molecule has 0 saturated carbocycles. The van der Waals surface area contributed by atoms with Gasteiger partial charge in [-0.2, -0.15) is 0 Å². The first-order chi connectivity index (χ1) is 9.33. The van der Waals surface area contributed by atoms with Crippen LogP contribution < -0.4 is 5.32 Å². The summed E-state index contributed by atoms with van der Waals surface area (Å²) in [7, 11) is 2.28. The Bertz CT molecular complexity index is 415. The van der Waals surface area contributed by atoms with Crippen molar-refractivity contribution in [1.29, 1.82) is 0 Å². The van der Waals surface area contributed by atoms with Crippen LogP contribution in [0.4, 0.5) is 0 Å². The Hall–Kier alpha value is -0.510. The fourth-order valence-corrected chi connectivity index (χ4v) is 4.53. The Kier molecular flexibility index (Phi) is 4.46. The van der Waals surface area contributed by atoms with E-state index >= 15 is 0 Å². The molecule has 3 heteroatoms. The number of hydrogen-bond acceptors (Lipinski definition) is 3. The topological polar surface area (TPSA) is 15.3 Å². The number of rotatable bonds is 4. The standard InChI is InChI=1S/C16H24N2S/c1-18(11-14-6-4-5-9-17-14)10-13-12-19-16-8-3-2-7-15(13)16/h2-3,7-8,13-14,17H,4-6,9-12H2,1H3. The van der Waals surface area contributed by atoms with Crippen LogP contribution in [0.3, 0.4) is 0 Å². The van der Waals surface area contributed by atoms with E-state index in [1.54, 1.807) is 5.56 Å². The van der Waals surface area contributed by atoms with E-state index in [2.05, 4.69) is 41.5 Å². The lowest BCUT2D eigenvalue weighted by molar-refractivity contribution is 0.254. The van der Waals surface area contributed by atoms with Crippen molar-refractivity contribution < 1.29 is 0 Å². The zero-order valence-corrected chi connectivity index (χ0v) is 12.6. The largest absolute Gasteiger partial charge is 0.313 e. The summed E-state index contributed by atoms with van der Waals surface area (Å²) in [5.41, 5.74) is 1.57.